The first-order valence-electron chi connectivity index (χ1n) is 7.05. The van der Waals surface area contributed by atoms with Crippen LogP contribution in [0, 0.1) is 5.82 Å². The van der Waals surface area contributed by atoms with E-state index in [1.807, 2.05) is 24.3 Å². The van der Waals surface area contributed by atoms with E-state index in [4.69, 9.17) is 0 Å². The number of benzene rings is 2. The van der Waals surface area contributed by atoms with Crippen LogP contribution in [-0.2, 0) is 13.0 Å². The van der Waals surface area contributed by atoms with Crippen LogP contribution in [0.4, 0.5) is 14.9 Å². The van der Waals surface area contributed by atoms with Crippen molar-refractivity contribution in [1.82, 2.24) is 5.32 Å². The van der Waals surface area contributed by atoms with Crippen LogP contribution >= 0.6 is 0 Å². The fraction of sp³-hybridized carbons (Fsp3) is 0.235. The minimum Gasteiger partial charge on any atom is -0.334 e. The summed E-state index contributed by atoms with van der Waals surface area (Å²) in [6.45, 7) is 2.42. The maximum atomic E-state index is 13.0. The highest BCUT2D eigenvalue weighted by Gasteiger charge is 2.02. The van der Waals surface area contributed by atoms with Gasteiger partial charge in [0.1, 0.15) is 5.82 Å². The minimum absolute atomic E-state index is 0.289. The number of hydrogen-bond donors (Lipinski definition) is 2. The van der Waals surface area contributed by atoms with Gasteiger partial charge in [-0.3, -0.25) is 0 Å². The van der Waals surface area contributed by atoms with Gasteiger partial charge >= 0.3 is 6.03 Å². The summed E-state index contributed by atoms with van der Waals surface area (Å²) in [7, 11) is 0. The third-order valence-corrected chi connectivity index (χ3v) is 3.09. The molecule has 0 saturated heterocycles. The summed E-state index contributed by atoms with van der Waals surface area (Å²) < 4.78 is 13.0. The Balaban J connectivity index is 1.84. The molecule has 2 aromatic rings. The highest BCUT2D eigenvalue weighted by atomic mass is 19.1. The average Bonchev–Trinajstić information content (AvgIpc) is 2.48. The molecule has 0 radical (unpaired) electrons. The Morgan fingerprint density at radius 1 is 1.10 bits per heavy atom. The van der Waals surface area contributed by atoms with Gasteiger partial charge in [0, 0.05) is 12.2 Å². The Morgan fingerprint density at radius 3 is 2.52 bits per heavy atom. The van der Waals surface area contributed by atoms with Crippen molar-refractivity contribution < 1.29 is 9.18 Å². The largest absolute Gasteiger partial charge is 0.334 e. The third kappa shape index (κ3) is 4.91. The molecule has 0 heterocycles. The second-order valence-corrected chi connectivity index (χ2v) is 4.88. The molecule has 3 nitrogen and oxygen atoms in total. The van der Waals surface area contributed by atoms with Gasteiger partial charge in [0.2, 0.25) is 0 Å². The molecule has 0 unspecified atom stereocenters. The van der Waals surface area contributed by atoms with Crippen molar-refractivity contribution in [3.63, 3.8) is 0 Å². The van der Waals surface area contributed by atoms with Gasteiger partial charge in [0.15, 0.2) is 0 Å². The lowest BCUT2D eigenvalue weighted by atomic mass is 10.1. The monoisotopic (exact) mass is 286 g/mol. The molecule has 0 bridgehead atoms. The van der Waals surface area contributed by atoms with Gasteiger partial charge in [-0.2, -0.15) is 0 Å². The SMILES string of the molecule is CCCc1ccc(NC(=O)NCc2cccc(F)c2)cc1. The summed E-state index contributed by atoms with van der Waals surface area (Å²) in [5.41, 5.74) is 2.72. The molecular formula is C17H19FN2O. The zero-order valence-corrected chi connectivity index (χ0v) is 12.0. The summed E-state index contributed by atoms with van der Waals surface area (Å²) in [5, 5.41) is 5.45. The second kappa shape index (κ2) is 7.43. The standard InChI is InChI=1S/C17H19FN2O/c1-2-4-13-7-9-16(10-8-13)20-17(21)19-12-14-5-3-6-15(18)11-14/h3,5-11H,2,4,12H2,1H3,(H2,19,20,21). The number of aryl methyl sites for hydroxylation is 1. The smallest absolute Gasteiger partial charge is 0.319 e. The summed E-state index contributed by atoms with van der Waals surface area (Å²) in [5.74, 6) is -0.304. The Hall–Kier alpha value is -2.36. The molecule has 2 amide bonds. The lowest BCUT2D eigenvalue weighted by Gasteiger charge is -2.08. The predicted octanol–water partition coefficient (Wildman–Crippen LogP) is 4.10. The fourth-order valence-corrected chi connectivity index (χ4v) is 2.05. The van der Waals surface area contributed by atoms with E-state index < -0.39 is 0 Å². The van der Waals surface area contributed by atoms with Crippen LogP contribution in [-0.4, -0.2) is 6.03 Å². The normalized spacial score (nSPS) is 10.2. The first-order valence-corrected chi connectivity index (χ1v) is 7.05. The van der Waals surface area contributed by atoms with E-state index in [-0.39, 0.29) is 18.4 Å². The lowest BCUT2D eigenvalue weighted by molar-refractivity contribution is 0.251. The van der Waals surface area contributed by atoms with E-state index in [2.05, 4.69) is 17.6 Å². The Kier molecular flexibility index (Phi) is 5.32. The number of amides is 2. The van der Waals surface area contributed by atoms with Crippen LogP contribution in [0.25, 0.3) is 0 Å². The zero-order chi connectivity index (χ0) is 15.1. The van der Waals surface area contributed by atoms with Crippen LogP contribution in [0.5, 0.6) is 0 Å². The number of nitrogens with one attached hydrogen (secondary N) is 2. The summed E-state index contributed by atoms with van der Waals surface area (Å²) in [4.78, 5) is 11.8. The Bertz CT molecular complexity index is 596. The molecule has 0 spiro atoms. The molecule has 21 heavy (non-hydrogen) atoms. The van der Waals surface area contributed by atoms with Gasteiger partial charge in [0.25, 0.3) is 0 Å². The van der Waals surface area contributed by atoms with Gasteiger partial charge in [-0.05, 0) is 41.8 Å². The fourth-order valence-electron chi connectivity index (χ4n) is 2.05. The van der Waals surface area contributed by atoms with Crippen molar-refractivity contribution in [3.8, 4) is 0 Å². The van der Waals surface area contributed by atoms with Crippen molar-refractivity contribution in [2.45, 2.75) is 26.3 Å². The molecule has 0 saturated carbocycles. The van der Waals surface area contributed by atoms with Crippen LogP contribution in [0.2, 0.25) is 0 Å². The number of halogens is 1. The van der Waals surface area contributed by atoms with Gasteiger partial charge < -0.3 is 10.6 Å². The molecule has 2 N–H and O–H groups in total. The van der Waals surface area contributed by atoms with Gasteiger partial charge in [-0.25, -0.2) is 9.18 Å². The highest BCUT2D eigenvalue weighted by molar-refractivity contribution is 5.89. The summed E-state index contributed by atoms with van der Waals surface area (Å²) in [6.07, 6.45) is 2.13. The molecule has 110 valence electrons. The first kappa shape index (κ1) is 15.0. The molecule has 0 fully saturated rings. The van der Waals surface area contributed by atoms with Crippen LogP contribution < -0.4 is 10.6 Å². The van der Waals surface area contributed by atoms with Gasteiger partial charge in [0.05, 0.1) is 0 Å². The quantitative estimate of drug-likeness (QED) is 0.853. The predicted molar refractivity (Wildman–Crippen MR) is 82.7 cm³/mol. The number of anilines is 1. The maximum Gasteiger partial charge on any atom is 0.319 e. The number of urea groups is 1. The van der Waals surface area contributed by atoms with E-state index in [1.165, 1.54) is 17.7 Å². The minimum atomic E-state index is -0.304. The van der Waals surface area contributed by atoms with E-state index >= 15 is 0 Å². The molecule has 0 aliphatic heterocycles. The number of carbonyl (C=O) groups is 1. The second-order valence-electron chi connectivity index (χ2n) is 4.88. The molecule has 4 heteroatoms. The van der Waals surface area contributed by atoms with Crippen LogP contribution in [0.3, 0.4) is 0 Å². The number of carbonyl (C=O) groups excluding carboxylic acids is 1. The Morgan fingerprint density at radius 2 is 1.86 bits per heavy atom. The van der Waals surface area contributed by atoms with Crippen molar-refractivity contribution in [3.05, 3.63) is 65.5 Å². The van der Waals surface area contributed by atoms with E-state index in [0.29, 0.717) is 0 Å². The van der Waals surface area contributed by atoms with Gasteiger partial charge in [-0.15, -0.1) is 0 Å². The van der Waals surface area contributed by atoms with Crippen molar-refractivity contribution >= 4 is 11.7 Å². The summed E-state index contributed by atoms with van der Waals surface area (Å²) in [6, 6.07) is 13.6. The molecule has 0 aliphatic carbocycles. The average molecular weight is 286 g/mol. The highest BCUT2D eigenvalue weighted by Crippen LogP contribution is 2.11. The van der Waals surface area contributed by atoms with Crippen molar-refractivity contribution in [2.24, 2.45) is 0 Å². The first-order chi connectivity index (χ1) is 10.2. The Labute approximate surface area is 124 Å². The molecular weight excluding hydrogens is 267 g/mol. The molecule has 2 aromatic carbocycles. The molecule has 0 aliphatic rings. The van der Waals surface area contributed by atoms with Crippen molar-refractivity contribution in [1.29, 1.82) is 0 Å². The number of hydrogen-bond acceptors (Lipinski definition) is 1. The molecule has 0 aromatic heterocycles. The summed E-state index contributed by atoms with van der Waals surface area (Å²) >= 11 is 0. The van der Waals surface area contributed by atoms with Crippen LogP contribution in [0.15, 0.2) is 48.5 Å². The molecule has 0 atom stereocenters. The van der Waals surface area contributed by atoms with Crippen molar-refractivity contribution in [2.75, 3.05) is 5.32 Å². The van der Waals surface area contributed by atoms with E-state index in [0.717, 1.165) is 24.1 Å². The number of rotatable bonds is 5. The van der Waals surface area contributed by atoms with Crippen LogP contribution in [0.1, 0.15) is 24.5 Å². The van der Waals surface area contributed by atoms with E-state index in [9.17, 15) is 9.18 Å². The third-order valence-electron chi connectivity index (χ3n) is 3.09. The lowest BCUT2D eigenvalue weighted by Crippen LogP contribution is -2.28. The van der Waals surface area contributed by atoms with E-state index in [1.54, 1.807) is 12.1 Å². The topological polar surface area (TPSA) is 41.1 Å². The van der Waals surface area contributed by atoms with Gasteiger partial charge in [-0.1, -0.05) is 37.6 Å². The molecule has 2 rings (SSSR count). The maximum absolute atomic E-state index is 13.0. The zero-order valence-electron chi connectivity index (χ0n) is 12.0.